The minimum atomic E-state index is -0.652. The van der Waals surface area contributed by atoms with Crippen molar-refractivity contribution in [2.24, 2.45) is 5.92 Å². The van der Waals surface area contributed by atoms with Crippen LogP contribution >= 0.6 is 0 Å². The molecule has 1 atom stereocenters. The summed E-state index contributed by atoms with van der Waals surface area (Å²) in [5.41, 5.74) is 1.54. The smallest absolute Gasteiger partial charge is 0.0784 e. The van der Waals surface area contributed by atoms with Crippen molar-refractivity contribution in [3.63, 3.8) is 0 Å². The molecule has 3 rings (SSSR count). The first-order valence-corrected chi connectivity index (χ1v) is 7.21. The first kappa shape index (κ1) is 13.1. The van der Waals surface area contributed by atoms with Crippen LogP contribution in [0.2, 0.25) is 0 Å². The quantitative estimate of drug-likeness (QED) is 0.840. The van der Waals surface area contributed by atoms with Gasteiger partial charge in [-0.05, 0) is 45.2 Å². The van der Waals surface area contributed by atoms with E-state index in [0.29, 0.717) is 0 Å². The molecule has 1 unspecified atom stereocenters. The monoisotopic (exact) mass is 260 g/mol. The van der Waals surface area contributed by atoms with Crippen molar-refractivity contribution in [2.45, 2.75) is 63.8 Å². The minimum absolute atomic E-state index is 0.140. The number of hydrogen-bond donors (Lipinski definition) is 1. The summed E-state index contributed by atoms with van der Waals surface area (Å²) in [4.78, 5) is 0. The van der Waals surface area contributed by atoms with Gasteiger partial charge in [-0.3, -0.25) is 0 Å². The molecule has 1 heterocycles. The van der Waals surface area contributed by atoms with Crippen molar-refractivity contribution in [3.05, 3.63) is 35.4 Å². The van der Waals surface area contributed by atoms with E-state index in [9.17, 15) is 5.11 Å². The topological polar surface area (TPSA) is 29.5 Å². The highest BCUT2D eigenvalue weighted by atomic mass is 16.5. The van der Waals surface area contributed by atoms with Crippen LogP contribution in [0.4, 0.5) is 0 Å². The number of fused-ring (bicyclic) bond motifs is 1. The third kappa shape index (κ3) is 2.11. The Balaban J connectivity index is 1.92. The van der Waals surface area contributed by atoms with E-state index in [1.165, 1.54) is 11.1 Å². The molecular weight excluding hydrogens is 236 g/mol. The zero-order valence-corrected chi connectivity index (χ0v) is 12.4. The molecule has 1 aliphatic carbocycles. The highest BCUT2D eigenvalue weighted by Gasteiger charge is 2.56. The molecule has 1 aliphatic heterocycles. The predicted molar refractivity (Wildman–Crippen MR) is 76.1 cm³/mol. The Labute approximate surface area is 115 Å². The van der Waals surface area contributed by atoms with E-state index in [1.54, 1.807) is 0 Å². The van der Waals surface area contributed by atoms with Crippen LogP contribution in [-0.4, -0.2) is 21.9 Å². The van der Waals surface area contributed by atoms with Gasteiger partial charge in [0.25, 0.3) is 0 Å². The maximum absolute atomic E-state index is 11.2. The van der Waals surface area contributed by atoms with Crippen LogP contribution in [0.3, 0.4) is 0 Å². The zero-order chi connectivity index (χ0) is 13.9. The summed E-state index contributed by atoms with van der Waals surface area (Å²) in [5.74, 6) is 0.183. The fraction of sp³-hybridized carbons (Fsp3) is 0.647. The van der Waals surface area contributed by atoms with Crippen LogP contribution in [0.25, 0.3) is 0 Å². The van der Waals surface area contributed by atoms with Gasteiger partial charge in [0.1, 0.15) is 0 Å². The number of aliphatic hydroxyl groups is 1. The molecule has 2 heteroatoms. The first-order valence-electron chi connectivity index (χ1n) is 7.21. The van der Waals surface area contributed by atoms with Crippen LogP contribution < -0.4 is 0 Å². The number of benzene rings is 1. The van der Waals surface area contributed by atoms with Gasteiger partial charge >= 0.3 is 0 Å². The molecule has 1 saturated heterocycles. The van der Waals surface area contributed by atoms with E-state index in [1.807, 2.05) is 0 Å². The molecule has 0 bridgehead atoms. The van der Waals surface area contributed by atoms with Crippen molar-refractivity contribution in [3.8, 4) is 0 Å². The second-order valence-electron chi connectivity index (χ2n) is 7.45. The molecule has 0 radical (unpaired) electrons. The summed E-state index contributed by atoms with van der Waals surface area (Å²) in [7, 11) is 0. The van der Waals surface area contributed by atoms with Crippen molar-refractivity contribution in [2.75, 3.05) is 0 Å². The molecule has 104 valence electrons. The normalized spacial score (nSPS) is 30.3. The molecule has 19 heavy (non-hydrogen) atoms. The summed E-state index contributed by atoms with van der Waals surface area (Å²) < 4.78 is 6.17. The molecule has 1 N–H and O–H groups in total. The van der Waals surface area contributed by atoms with Gasteiger partial charge in [-0.15, -0.1) is 0 Å². The molecule has 0 saturated carbocycles. The summed E-state index contributed by atoms with van der Waals surface area (Å²) in [6, 6.07) is 8.40. The lowest BCUT2D eigenvalue weighted by Crippen LogP contribution is -2.47. The third-order valence-corrected chi connectivity index (χ3v) is 4.83. The lowest BCUT2D eigenvalue weighted by molar-refractivity contribution is -0.110. The Hall–Kier alpha value is -0.860. The van der Waals surface area contributed by atoms with Gasteiger partial charge in [-0.25, -0.2) is 0 Å². The van der Waals surface area contributed by atoms with Crippen LogP contribution in [0, 0.1) is 5.92 Å². The number of hydrogen-bond acceptors (Lipinski definition) is 2. The summed E-state index contributed by atoms with van der Waals surface area (Å²) in [5, 5.41) is 11.2. The van der Waals surface area contributed by atoms with Crippen LogP contribution in [0.15, 0.2) is 24.3 Å². The zero-order valence-electron chi connectivity index (χ0n) is 12.4. The predicted octanol–water partition coefficient (Wildman–Crippen LogP) is 3.11. The highest BCUT2D eigenvalue weighted by molar-refractivity contribution is 5.36. The molecule has 1 aromatic carbocycles. The average Bonchev–Trinajstić information content (AvgIpc) is 2.71. The standard InChI is InChI=1S/C17H24O2/c1-15(2)11-14(16(3,4)19-15)17(18)9-12-7-5-6-8-13(12)10-17/h5-8,14,18H,9-11H2,1-4H3. The van der Waals surface area contributed by atoms with E-state index in [2.05, 4.69) is 52.0 Å². The van der Waals surface area contributed by atoms with E-state index in [0.717, 1.165) is 19.3 Å². The molecule has 0 amide bonds. The molecule has 0 spiro atoms. The summed E-state index contributed by atoms with van der Waals surface area (Å²) in [6.07, 6.45) is 2.44. The molecule has 0 aromatic heterocycles. The Morgan fingerprint density at radius 3 is 2.00 bits per heavy atom. The molecule has 1 fully saturated rings. The van der Waals surface area contributed by atoms with Gasteiger partial charge < -0.3 is 9.84 Å². The van der Waals surface area contributed by atoms with E-state index < -0.39 is 5.60 Å². The summed E-state index contributed by atoms with van der Waals surface area (Å²) in [6.45, 7) is 8.49. The lowest BCUT2D eigenvalue weighted by atomic mass is 9.73. The maximum atomic E-state index is 11.2. The van der Waals surface area contributed by atoms with E-state index in [4.69, 9.17) is 4.74 Å². The minimum Gasteiger partial charge on any atom is -0.389 e. The largest absolute Gasteiger partial charge is 0.389 e. The van der Waals surface area contributed by atoms with E-state index >= 15 is 0 Å². The van der Waals surface area contributed by atoms with Crippen molar-refractivity contribution < 1.29 is 9.84 Å². The second kappa shape index (κ2) is 3.83. The molecular formula is C17H24O2. The van der Waals surface area contributed by atoms with Crippen LogP contribution in [0.5, 0.6) is 0 Å². The maximum Gasteiger partial charge on any atom is 0.0784 e. The Kier molecular flexibility index (Phi) is 2.65. The number of ether oxygens (including phenoxy) is 1. The van der Waals surface area contributed by atoms with Crippen molar-refractivity contribution in [1.82, 2.24) is 0 Å². The van der Waals surface area contributed by atoms with E-state index in [-0.39, 0.29) is 17.1 Å². The molecule has 1 aromatic rings. The van der Waals surface area contributed by atoms with Gasteiger partial charge in [-0.2, -0.15) is 0 Å². The van der Waals surface area contributed by atoms with Gasteiger partial charge in [0.05, 0.1) is 16.8 Å². The number of rotatable bonds is 1. The Morgan fingerprint density at radius 1 is 1.05 bits per heavy atom. The fourth-order valence-electron chi connectivity index (χ4n) is 4.27. The molecule has 2 aliphatic rings. The Morgan fingerprint density at radius 2 is 1.58 bits per heavy atom. The fourth-order valence-corrected chi connectivity index (χ4v) is 4.27. The van der Waals surface area contributed by atoms with Gasteiger partial charge in [0, 0.05) is 18.8 Å². The van der Waals surface area contributed by atoms with Crippen LogP contribution in [-0.2, 0) is 17.6 Å². The van der Waals surface area contributed by atoms with Gasteiger partial charge in [0.2, 0.25) is 0 Å². The molecule has 2 nitrogen and oxygen atoms in total. The van der Waals surface area contributed by atoms with Crippen LogP contribution in [0.1, 0.15) is 45.2 Å². The van der Waals surface area contributed by atoms with Gasteiger partial charge in [-0.1, -0.05) is 24.3 Å². The second-order valence-corrected chi connectivity index (χ2v) is 7.45. The third-order valence-electron chi connectivity index (χ3n) is 4.83. The van der Waals surface area contributed by atoms with Crippen molar-refractivity contribution >= 4 is 0 Å². The highest BCUT2D eigenvalue weighted by Crippen LogP contribution is 2.50. The first-order chi connectivity index (χ1) is 8.72. The van der Waals surface area contributed by atoms with Gasteiger partial charge in [0.15, 0.2) is 0 Å². The lowest BCUT2D eigenvalue weighted by Gasteiger charge is -2.37. The average molecular weight is 260 g/mol. The summed E-state index contributed by atoms with van der Waals surface area (Å²) >= 11 is 0. The Bertz CT molecular complexity index is 477. The van der Waals surface area contributed by atoms with Crippen molar-refractivity contribution in [1.29, 1.82) is 0 Å². The SMILES string of the molecule is CC1(C)CC(C2(O)Cc3ccccc3C2)C(C)(C)O1.